The maximum absolute atomic E-state index is 12.9. The third-order valence-corrected chi connectivity index (χ3v) is 8.49. The van der Waals surface area contributed by atoms with Gasteiger partial charge in [0.25, 0.3) is 0 Å². The van der Waals surface area contributed by atoms with Gasteiger partial charge in [-0.25, -0.2) is 8.42 Å². The minimum atomic E-state index is -3.71. The number of piperazine rings is 1. The molecule has 3 atom stereocenters. The van der Waals surface area contributed by atoms with Crippen molar-refractivity contribution < 1.29 is 13.2 Å². The van der Waals surface area contributed by atoms with Crippen molar-refractivity contribution in [2.75, 3.05) is 26.2 Å². The normalized spacial score (nSPS) is 28.3. The Bertz CT molecular complexity index is 869. The lowest BCUT2D eigenvalue weighted by molar-refractivity contribution is -0.133. The van der Waals surface area contributed by atoms with Gasteiger partial charge in [0.2, 0.25) is 15.9 Å². The van der Waals surface area contributed by atoms with E-state index in [0.717, 1.165) is 11.8 Å². The Labute approximate surface area is 160 Å². The third-order valence-electron chi connectivity index (χ3n) is 6.54. The van der Waals surface area contributed by atoms with Crippen LogP contribution in [0.1, 0.15) is 37.7 Å². The largest absolute Gasteiger partial charge is 0.340 e. The van der Waals surface area contributed by atoms with Gasteiger partial charge in [-0.2, -0.15) is 9.57 Å². The van der Waals surface area contributed by atoms with Crippen molar-refractivity contribution in [1.29, 1.82) is 5.26 Å². The standard InChI is InChI=1S/C20H25N3O3S/c21-14-17-3-1-2-4-19(17)27(25,26)23-9-7-22(8-10-23)20(24)13-18-12-15-5-6-16(18)11-15/h1-4,15-16,18H,5-13H2/t15-,16-,18-/m1/s1. The molecule has 1 aromatic rings. The maximum Gasteiger partial charge on any atom is 0.244 e. The van der Waals surface area contributed by atoms with E-state index in [0.29, 0.717) is 25.4 Å². The molecule has 144 valence electrons. The second-order valence-electron chi connectivity index (χ2n) is 8.03. The molecule has 2 saturated carbocycles. The fourth-order valence-electron chi connectivity index (χ4n) is 5.08. The quantitative estimate of drug-likeness (QED) is 0.793. The van der Waals surface area contributed by atoms with Gasteiger partial charge in [0, 0.05) is 32.6 Å². The average Bonchev–Trinajstić information content (AvgIpc) is 3.31. The van der Waals surface area contributed by atoms with Crippen molar-refractivity contribution in [2.45, 2.75) is 37.0 Å². The van der Waals surface area contributed by atoms with Crippen LogP contribution in [0.5, 0.6) is 0 Å². The molecule has 6 nitrogen and oxygen atoms in total. The van der Waals surface area contributed by atoms with E-state index in [1.165, 1.54) is 42.1 Å². The Hall–Kier alpha value is -1.91. The Morgan fingerprint density at radius 1 is 1.11 bits per heavy atom. The summed E-state index contributed by atoms with van der Waals surface area (Å²) in [6.07, 6.45) is 5.70. The number of nitrogens with zero attached hydrogens (tertiary/aromatic N) is 3. The van der Waals surface area contributed by atoms with Crippen LogP contribution in [0.2, 0.25) is 0 Å². The first-order valence-electron chi connectivity index (χ1n) is 9.76. The molecule has 0 N–H and O–H groups in total. The first-order chi connectivity index (χ1) is 13.0. The summed E-state index contributed by atoms with van der Waals surface area (Å²) < 4.78 is 27.2. The van der Waals surface area contributed by atoms with Gasteiger partial charge in [0.1, 0.15) is 6.07 Å². The van der Waals surface area contributed by atoms with Crippen LogP contribution in [-0.2, 0) is 14.8 Å². The van der Waals surface area contributed by atoms with Crippen molar-refractivity contribution in [1.82, 2.24) is 9.21 Å². The monoisotopic (exact) mass is 387 g/mol. The molecule has 4 rings (SSSR count). The zero-order valence-electron chi connectivity index (χ0n) is 15.4. The van der Waals surface area contributed by atoms with E-state index in [-0.39, 0.29) is 29.5 Å². The second kappa shape index (κ2) is 7.25. The summed E-state index contributed by atoms with van der Waals surface area (Å²) in [5, 5.41) is 9.19. The van der Waals surface area contributed by atoms with Crippen molar-refractivity contribution in [3.8, 4) is 6.07 Å². The zero-order chi connectivity index (χ0) is 19.0. The highest BCUT2D eigenvalue weighted by atomic mass is 32.2. The molecule has 0 spiro atoms. The Kier molecular flexibility index (Phi) is 4.95. The molecule has 3 aliphatic rings. The number of rotatable bonds is 4. The maximum atomic E-state index is 12.9. The lowest BCUT2D eigenvalue weighted by Crippen LogP contribution is -2.50. The highest BCUT2D eigenvalue weighted by molar-refractivity contribution is 7.89. The lowest BCUT2D eigenvalue weighted by Gasteiger charge is -2.35. The summed E-state index contributed by atoms with van der Waals surface area (Å²) in [5.74, 6) is 2.25. The van der Waals surface area contributed by atoms with Gasteiger partial charge in [-0.05, 0) is 49.1 Å². The average molecular weight is 388 g/mol. The van der Waals surface area contributed by atoms with Gasteiger partial charge >= 0.3 is 0 Å². The molecule has 3 fully saturated rings. The first kappa shape index (κ1) is 18.5. The van der Waals surface area contributed by atoms with Crippen molar-refractivity contribution in [2.24, 2.45) is 17.8 Å². The fraction of sp³-hybridized carbons (Fsp3) is 0.600. The molecule has 0 aromatic heterocycles. The van der Waals surface area contributed by atoms with E-state index in [1.54, 1.807) is 12.1 Å². The Morgan fingerprint density at radius 3 is 2.48 bits per heavy atom. The van der Waals surface area contributed by atoms with E-state index in [9.17, 15) is 18.5 Å². The number of carbonyl (C=O) groups is 1. The molecule has 1 heterocycles. The fourth-order valence-corrected chi connectivity index (χ4v) is 6.65. The van der Waals surface area contributed by atoms with Gasteiger partial charge in [0.05, 0.1) is 10.5 Å². The smallest absolute Gasteiger partial charge is 0.244 e. The summed E-state index contributed by atoms with van der Waals surface area (Å²) >= 11 is 0. The van der Waals surface area contributed by atoms with Gasteiger partial charge in [-0.1, -0.05) is 18.6 Å². The molecule has 1 amide bonds. The summed E-state index contributed by atoms with van der Waals surface area (Å²) in [5.41, 5.74) is 0.160. The molecule has 1 aliphatic heterocycles. The summed E-state index contributed by atoms with van der Waals surface area (Å²) in [6, 6.07) is 8.22. The number of amides is 1. The van der Waals surface area contributed by atoms with Crippen LogP contribution in [-0.4, -0.2) is 49.7 Å². The molecule has 2 aliphatic carbocycles. The van der Waals surface area contributed by atoms with E-state index < -0.39 is 10.0 Å². The van der Waals surface area contributed by atoms with Crippen molar-refractivity contribution in [3.05, 3.63) is 29.8 Å². The number of nitriles is 1. The highest BCUT2D eigenvalue weighted by Crippen LogP contribution is 2.49. The van der Waals surface area contributed by atoms with Crippen LogP contribution < -0.4 is 0 Å². The Morgan fingerprint density at radius 2 is 1.85 bits per heavy atom. The molecular weight excluding hydrogens is 362 g/mol. The lowest BCUT2D eigenvalue weighted by atomic mass is 9.86. The molecule has 2 bridgehead atoms. The minimum absolute atomic E-state index is 0.0502. The van der Waals surface area contributed by atoms with Crippen LogP contribution in [0.4, 0.5) is 0 Å². The molecule has 0 radical (unpaired) electrons. The van der Waals surface area contributed by atoms with Gasteiger partial charge < -0.3 is 4.90 Å². The molecule has 1 saturated heterocycles. The molecule has 27 heavy (non-hydrogen) atoms. The van der Waals surface area contributed by atoms with Crippen molar-refractivity contribution >= 4 is 15.9 Å². The van der Waals surface area contributed by atoms with E-state index in [1.807, 2.05) is 11.0 Å². The first-order valence-corrected chi connectivity index (χ1v) is 11.2. The molecule has 0 unspecified atom stereocenters. The van der Waals surface area contributed by atoms with E-state index >= 15 is 0 Å². The van der Waals surface area contributed by atoms with Crippen LogP contribution in [0.3, 0.4) is 0 Å². The number of benzene rings is 1. The van der Waals surface area contributed by atoms with Crippen LogP contribution >= 0.6 is 0 Å². The third kappa shape index (κ3) is 3.48. The van der Waals surface area contributed by atoms with Gasteiger partial charge in [-0.15, -0.1) is 0 Å². The minimum Gasteiger partial charge on any atom is -0.340 e. The summed E-state index contributed by atoms with van der Waals surface area (Å²) in [4.78, 5) is 14.5. The predicted molar refractivity (Wildman–Crippen MR) is 100 cm³/mol. The molecule has 1 aromatic carbocycles. The second-order valence-corrected chi connectivity index (χ2v) is 9.94. The van der Waals surface area contributed by atoms with Gasteiger partial charge in [-0.3, -0.25) is 4.79 Å². The summed E-state index contributed by atoms with van der Waals surface area (Å²) in [6.45, 7) is 1.41. The number of sulfonamides is 1. The van der Waals surface area contributed by atoms with Crippen LogP contribution in [0.15, 0.2) is 29.2 Å². The zero-order valence-corrected chi connectivity index (χ0v) is 16.2. The van der Waals surface area contributed by atoms with Crippen LogP contribution in [0.25, 0.3) is 0 Å². The van der Waals surface area contributed by atoms with E-state index in [4.69, 9.17) is 0 Å². The Balaban J connectivity index is 1.37. The van der Waals surface area contributed by atoms with E-state index in [2.05, 4.69) is 0 Å². The molecular formula is C20H25N3O3S. The number of carbonyl (C=O) groups excluding carboxylic acids is 1. The SMILES string of the molecule is N#Cc1ccccc1S(=O)(=O)N1CCN(C(=O)C[C@H]2C[C@@H]3CC[C@@H]2C3)CC1. The number of hydrogen-bond donors (Lipinski definition) is 0. The number of hydrogen-bond acceptors (Lipinski definition) is 4. The number of fused-ring (bicyclic) bond motifs is 2. The summed E-state index contributed by atoms with van der Waals surface area (Å²) in [7, 11) is -3.71. The predicted octanol–water partition coefficient (Wildman–Crippen LogP) is 2.22. The highest BCUT2D eigenvalue weighted by Gasteiger charge is 2.41. The molecule has 7 heteroatoms. The van der Waals surface area contributed by atoms with Crippen LogP contribution in [0, 0.1) is 29.1 Å². The topological polar surface area (TPSA) is 81.5 Å². The van der Waals surface area contributed by atoms with Crippen molar-refractivity contribution in [3.63, 3.8) is 0 Å². The van der Waals surface area contributed by atoms with Gasteiger partial charge in [0.15, 0.2) is 0 Å².